The Morgan fingerprint density at radius 2 is 1.52 bits per heavy atom. The summed E-state index contributed by atoms with van der Waals surface area (Å²) in [6, 6.07) is 20.1. The number of nitrogens with one attached hydrogen (secondary N) is 1. The Morgan fingerprint density at radius 3 is 2.16 bits per heavy atom. The minimum atomic E-state index is -3.29. The van der Waals surface area contributed by atoms with Gasteiger partial charge in [0.2, 0.25) is 10.0 Å². The van der Waals surface area contributed by atoms with Crippen LogP contribution in [0.25, 0.3) is 0 Å². The Hall–Kier alpha value is -1.69. The number of sulfonamides is 1. The fourth-order valence-electron chi connectivity index (χ4n) is 3.36. The number of benzene rings is 2. The fraction of sp³-hybridized carbons (Fsp3) is 0.400. The van der Waals surface area contributed by atoms with Crippen LogP contribution in [0.5, 0.6) is 0 Å². The first-order valence-corrected chi connectivity index (χ1v) is 10.6. The van der Waals surface area contributed by atoms with Crippen molar-refractivity contribution < 1.29 is 8.42 Å². The zero-order valence-electron chi connectivity index (χ0n) is 14.5. The van der Waals surface area contributed by atoms with Crippen LogP contribution in [0.2, 0.25) is 0 Å². The van der Waals surface area contributed by atoms with E-state index in [1.165, 1.54) is 18.4 Å². The molecule has 0 spiro atoms. The average molecular weight is 359 g/mol. The van der Waals surface area contributed by atoms with Gasteiger partial charge in [-0.15, -0.1) is 0 Å². The predicted molar refractivity (Wildman–Crippen MR) is 102 cm³/mol. The summed E-state index contributed by atoms with van der Waals surface area (Å²) in [5.41, 5.74) is 2.22. The van der Waals surface area contributed by atoms with Gasteiger partial charge in [-0.1, -0.05) is 60.7 Å². The summed E-state index contributed by atoms with van der Waals surface area (Å²) in [6.07, 6.45) is 2.91. The SMILES string of the molecule is O=S(=O)(CCc1ccccc1)NCC(c1ccccc1)N1CCCC1. The molecule has 2 aromatic rings. The molecule has 1 N–H and O–H groups in total. The van der Waals surface area contributed by atoms with Crippen molar-refractivity contribution in [2.45, 2.75) is 25.3 Å². The highest BCUT2D eigenvalue weighted by Gasteiger charge is 2.24. The van der Waals surface area contributed by atoms with E-state index in [1.807, 2.05) is 48.5 Å². The minimum Gasteiger partial charge on any atom is -0.295 e. The van der Waals surface area contributed by atoms with Gasteiger partial charge >= 0.3 is 0 Å². The molecule has 1 aliphatic rings. The van der Waals surface area contributed by atoms with Crippen molar-refractivity contribution in [3.8, 4) is 0 Å². The molecule has 5 heteroatoms. The number of likely N-dealkylation sites (tertiary alicyclic amines) is 1. The normalized spacial score (nSPS) is 16.8. The van der Waals surface area contributed by atoms with Gasteiger partial charge in [0.1, 0.15) is 0 Å². The summed E-state index contributed by atoms with van der Waals surface area (Å²) < 4.78 is 27.7. The molecule has 1 fully saturated rings. The zero-order chi connectivity index (χ0) is 17.5. The lowest BCUT2D eigenvalue weighted by Gasteiger charge is -2.28. The van der Waals surface area contributed by atoms with Crippen LogP contribution >= 0.6 is 0 Å². The molecule has 0 saturated carbocycles. The Labute approximate surface area is 150 Å². The van der Waals surface area contributed by atoms with Gasteiger partial charge in [-0.05, 0) is 43.5 Å². The van der Waals surface area contributed by atoms with Crippen LogP contribution in [0.1, 0.15) is 30.0 Å². The predicted octanol–water partition coefficient (Wildman–Crippen LogP) is 2.99. The number of rotatable bonds is 8. The zero-order valence-corrected chi connectivity index (χ0v) is 15.3. The molecular weight excluding hydrogens is 332 g/mol. The molecule has 4 nitrogen and oxygen atoms in total. The number of nitrogens with zero attached hydrogens (tertiary/aromatic N) is 1. The van der Waals surface area contributed by atoms with E-state index in [9.17, 15) is 8.42 Å². The second-order valence-electron chi connectivity index (χ2n) is 6.57. The van der Waals surface area contributed by atoms with Crippen molar-refractivity contribution in [2.75, 3.05) is 25.4 Å². The molecule has 25 heavy (non-hydrogen) atoms. The first kappa shape index (κ1) is 18.1. The average Bonchev–Trinajstić information content (AvgIpc) is 3.16. The molecule has 0 bridgehead atoms. The smallest absolute Gasteiger partial charge is 0.211 e. The number of hydrogen-bond acceptors (Lipinski definition) is 3. The van der Waals surface area contributed by atoms with Crippen molar-refractivity contribution in [3.05, 3.63) is 71.8 Å². The molecule has 0 radical (unpaired) electrons. The topological polar surface area (TPSA) is 49.4 Å². The molecule has 134 valence electrons. The van der Waals surface area contributed by atoms with Gasteiger partial charge in [0.15, 0.2) is 0 Å². The van der Waals surface area contributed by atoms with Crippen LogP contribution in [-0.4, -0.2) is 38.7 Å². The molecule has 1 unspecified atom stereocenters. The maximum atomic E-state index is 12.4. The monoisotopic (exact) mass is 358 g/mol. The van der Waals surface area contributed by atoms with E-state index in [-0.39, 0.29) is 11.8 Å². The van der Waals surface area contributed by atoms with E-state index in [1.54, 1.807) is 0 Å². The maximum absolute atomic E-state index is 12.4. The molecular formula is C20H26N2O2S. The van der Waals surface area contributed by atoms with Gasteiger partial charge in [0, 0.05) is 12.6 Å². The van der Waals surface area contributed by atoms with Crippen molar-refractivity contribution in [1.82, 2.24) is 9.62 Å². The van der Waals surface area contributed by atoms with Gasteiger partial charge in [0.25, 0.3) is 0 Å². The second kappa shape index (κ2) is 8.61. The third-order valence-electron chi connectivity index (χ3n) is 4.76. The molecule has 1 heterocycles. The van der Waals surface area contributed by atoms with Gasteiger partial charge in [0.05, 0.1) is 5.75 Å². The highest BCUT2D eigenvalue weighted by atomic mass is 32.2. The number of hydrogen-bond donors (Lipinski definition) is 1. The first-order valence-electron chi connectivity index (χ1n) is 8.94. The van der Waals surface area contributed by atoms with Gasteiger partial charge in [-0.2, -0.15) is 0 Å². The minimum absolute atomic E-state index is 0.107. The maximum Gasteiger partial charge on any atom is 0.211 e. The van der Waals surface area contributed by atoms with E-state index >= 15 is 0 Å². The molecule has 0 aromatic heterocycles. The van der Waals surface area contributed by atoms with Crippen LogP contribution in [0.4, 0.5) is 0 Å². The van der Waals surface area contributed by atoms with Crippen molar-refractivity contribution in [1.29, 1.82) is 0 Å². The van der Waals surface area contributed by atoms with Crippen molar-refractivity contribution >= 4 is 10.0 Å². The first-order chi connectivity index (χ1) is 12.1. The lowest BCUT2D eigenvalue weighted by Crippen LogP contribution is -2.37. The lowest BCUT2D eigenvalue weighted by molar-refractivity contribution is 0.246. The van der Waals surface area contributed by atoms with E-state index < -0.39 is 10.0 Å². The third-order valence-corrected chi connectivity index (χ3v) is 6.11. The third kappa shape index (κ3) is 5.39. The summed E-state index contributed by atoms with van der Waals surface area (Å²) >= 11 is 0. The summed E-state index contributed by atoms with van der Waals surface area (Å²) in [5, 5.41) is 0. The Bertz CT molecular complexity index is 742. The summed E-state index contributed by atoms with van der Waals surface area (Å²) in [5.74, 6) is 0.124. The largest absolute Gasteiger partial charge is 0.295 e. The standard InChI is InChI=1S/C20H26N2O2S/c23-25(24,16-13-18-9-3-1-4-10-18)21-17-20(22-14-7-8-15-22)19-11-5-2-6-12-19/h1-6,9-12,20-21H,7-8,13-17H2. The molecule has 0 amide bonds. The van der Waals surface area contributed by atoms with Gasteiger partial charge < -0.3 is 0 Å². The fourth-order valence-corrected chi connectivity index (χ4v) is 4.42. The molecule has 1 saturated heterocycles. The molecule has 1 atom stereocenters. The van der Waals surface area contributed by atoms with Crippen molar-refractivity contribution in [3.63, 3.8) is 0 Å². The van der Waals surface area contributed by atoms with Crippen LogP contribution in [0, 0.1) is 0 Å². The highest BCUT2D eigenvalue weighted by molar-refractivity contribution is 7.89. The van der Waals surface area contributed by atoms with E-state index in [4.69, 9.17) is 0 Å². The molecule has 0 aliphatic carbocycles. The van der Waals surface area contributed by atoms with Crippen LogP contribution < -0.4 is 4.72 Å². The molecule has 3 rings (SSSR count). The van der Waals surface area contributed by atoms with Gasteiger partial charge in [-0.3, -0.25) is 4.90 Å². The quantitative estimate of drug-likeness (QED) is 0.789. The van der Waals surface area contributed by atoms with Crippen LogP contribution in [0.3, 0.4) is 0 Å². The molecule has 1 aliphatic heterocycles. The Kier molecular flexibility index (Phi) is 6.24. The highest BCUT2D eigenvalue weighted by Crippen LogP contribution is 2.24. The lowest BCUT2D eigenvalue weighted by atomic mass is 10.1. The van der Waals surface area contributed by atoms with Crippen LogP contribution in [-0.2, 0) is 16.4 Å². The summed E-state index contributed by atoms with van der Waals surface area (Å²) in [4.78, 5) is 2.38. The Morgan fingerprint density at radius 1 is 0.920 bits per heavy atom. The van der Waals surface area contributed by atoms with E-state index in [0.717, 1.165) is 18.7 Å². The van der Waals surface area contributed by atoms with Crippen molar-refractivity contribution in [2.24, 2.45) is 0 Å². The molecule has 2 aromatic carbocycles. The summed E-state index contributed by atoms with van der Waals surface area (Å²) in [6.45, 7) is 2.50. The Balaban J connectivity index is 1.61. The summed E-state index contributed by atoms with van der Waals surface area (Å²) in [7, 11) is -3.29. The van der Waals surface area contributed by atoms with E-state index in [2.05, 4.69) is 21.8 Å². The number of aryl methyl sites for hydroxylation is 1. The van der Waals surface area contributed by atoms with Crippen LogP contribution in [0.15, 0.2) is 60.7 Å². The van der Waals surface area contributed by atoms with Gasteiger partial charge in [-0.25, -0.2) is 13.1 Å². The second-order valence-corrected chi connectivity index (χ2v) is 8.50. The van der Waals surface area contributed by atoms with E-state index in [0.29, 0.717) is 13.0 Å².